The van der Waals surface area contributed by atoms with Gasteiger partial charge in [0.1, 0.15) is 0 Å². The average Bonchev–Trinajstić information content (AvgIpc) is 2.78. The van der Waals surface area contributed by atoms with Crippen molar-refractivity contribution in [3.8, 4) is 0 Å². The summed E-state index contributed by atoms with van der Waals surface area (Å²) in [6.45, 7) is 11.3. The van der Waals surface area contributed by atoms with Gasteiger partial charge in [-0.1, -0.05) is 12.8 Å². The molecule has 0 aromatic heterocycles. The van der Waals surface area contributed by atoms with Crippen molar-refractivity contribution in [1.82, 2.24) is 20.4 Å². The summed E-state index contributed by atoms with van der Waals surface area (Å²) in [7, 11) is 0. The third-order valence-corrected chi connectivity index (χ3v) is 5.40. The van der Waals surface area contributed by atoms with E-state index in [4.69, 9.17) is 0 Å². The third kappa shape index (κ3) is 3.94. The van der Waals surface area contributed by atoms with Crippen LogP contribution in [0.1, 0.15) is 32.1 Å². The summed E-state index contributed by atoms with van der Waals surface area (Å²) in [4.78, 5) is 5.50. The molecule has 3 fully saturated rings. The Balaban J connectivity index is 1.57. The number of nitrogens with zero attached hydrogens (tertiary/aromatic N) is 2. The Morgan fingerprint density at radius 1 is 0.800 bits per heavy atom. The first-order valence-corrected chi connectivity index (χ1v) is 8.81. The van der Waals surface area contributed by atoms with Gasteiger partial charge in [-0.05, 0) is 44.8 Å². The Kier molecular flexibility index (Phi) is 5.71. The lowest BCUT2D eigenvalue weighted by Gasteiger charge is -2.42. The molecule has 2 unspecified atom stereocenters. The molecule has 2 N–H and O–H groups in total. The molecule has 4 heteroatoms. The highest BCUT2D eigenvalue weighted by molar-refractivity contribution is 4.89. The normalized spacial score (nSPS) is 34.8. The lowest BCUT2D eigenvalue weighted by molar-refractivity contribution is 0.0840. The first-order valence-electron chi connectivity index (χ1n) is 8.81. The predicted octanol–water partition coefficient (Wildman–Crippen LogP) is 0.746. The van der Waals surface area contributed by atoms with Gasteiger partial charge in [-0.2, -0.15) is 0 Å². The second kappa shape index (κ2) is 7.74. The highest BCUT2D eigenvalue weighted by Gasteiger charge is 2.31. The fraction of sp³-hybridized carbons (Fsp3) is 1.00. The zero-order valence-corrected chi connectivity index (χ0v) is 12.9. The number of piperidine rings is 1. The Morgan fingerprint density at radius 3 is 2.30 bits per heavy atom. The van der Waals surface area contributed by atoms with Gasteiger partial charge in [-0.3, -0.25) is 4.90 Å². The molecule has 3 aliphatic rings. The molecule has 0 radical (unpaired) electrons. The van der Waals surface area contributed by atoms with Crippen LogP contribution < -0.4 is 10.6 Å². The minimum absolute atomic E-state index is 0.789. The van der Waals surface area contributed by atoms with E-state index in [2.05, 4.69) is 20.4 Å². The molecule has 0 aliphatic carbocycles. The van der Waals surface area contributed by atoms with Crippen molar-refractivity contribution in [2.24, 2.45) is 5.92 Å². The topological polar surface area (TPSA) is 30.5 Å². The van der Waals surface area contributed by atoms with Crippen molar-refractivity contribution >= 4 is 0 Å². The van der Waals surface area contributed by atoms with Crippen LogP contribution in [-0.4, -0.2) is 74.7 Å². The van der Waals surface area contributed by atoms with Crippen LogP contribution in [0.3, 0.4) is 0 Å². The molecule has 0 aromatic rings. The van der Waals surface area contributed by atoms with Gasteiger partial charge >= 0.3 is 0 Å². The Bertz CT molecular complexity index is 270. The third-order valence-electron chi connectivity index (χ3n) is 5.40. The summed E-state index contributed by atoms with van der Waals surface area (Å²) in [6.07, 6.45) is 7.08. The fourth-order valence-electron chi connectivity index (χ4n) is 4.19. The lowest BCUT2D eigenvalue weighted by atomic mass is 9.90. The average molecular weight is 280 g/mol. The molecule has 20 heavy (non-hydrogen) atoms. The van der Waals surface area contributed by atoms with Crippen molar-refractivity contribution in [1.29, 1.82) is 0 Å². The van der Waals surface area contributed by atoms with Crippen molar-refractivity contribution in [3.05, 3.63) is 0 Å². The summed E-state index contributed by atoms with van der Waals surface area (Å²) < 4.78 is 0. The van der Waals surface area contributed by atoms with Gasteiger partial charge in [0, 0.05) is 45.3 Å². The Labute approximate surface area is 124 Å². The summed E-state index contributed by atoms with van der Waals surface area (Å²) >= 11 is 0. The van der Waals surface area contributed by atoms with E-state index in [1.54, 1.807) is 0 Å². The second-order valence-corrected chi connectivity index (χ2v) is 6.82. The van der Waals surface area contributed by atoms with Crippen molar-refractivity contribution in [3.63, 3.8) is 0 Å². The molecule has 0 spiro atoms. The lowest BCUT2D eigenvalue weighted by Crippen LogP contribution is -2.55. The van der Waals surface area contributed by atoms with Gasteiger partial charge in [0.05, 0.1) is 0 Å². The van der Waals surface area contributed by atoms with Crippen LogP contribution >= 0.6 is 0 Å². The van der Waals surface area contributed by atoms with E-state index in [0.717, 1.165) is 12.0 Å². The van der Waals surface area contributed by atoms with Gasteiger partial charge in [0.2, 0.25) is 0 Å². The van der Waals surface area contributed by atoms with E-state index in [9.17, 15) is 0 Å². The monoisotopic (exact) mass is 280 g/mol. The summed E-state index contributed by atoms with van der Waals surface area (Å²) in [6, 6.07) is 0.789. The van der Waals surface area contributed by atoms with E-state index >= 15 is 0 Å². The Hall–Kier alpha value is -0.160. The van der Waals surface area contributed by atoms with Crippen molar-refractivity contribution in [2.45, 2.75) is 38.1 Å². The smallest absolute Gasteiger partial charge is 0.0261 e. The van der Waals surface area contributed by atoms with Gasteiger partial charge in [0.15, 0.2) is 0 Å². The minimum atomic E-state index is 0.789. The second-order valence-electron chi connectivity index (χ2n) is 6.82. The van der Waals surface area contributed by atoms with Gasteiger partial charge in [0.25, 0.3) is 0 Å². The van der Waals surface area contributed by atoms with Crippen LogP contribution in [0, 0.1) is 5.92 Å². The maximum absolute atomic E-state index is 3.65. The van der Waals surface area contributed by atoms with E-state index < -0.39 is 0 Å². The molecule has 0 amide bonds. The van der Waals surface area contributed by atoms with Crippen LogP contribution in [0.15, 0.2) is 0 Å². The number of piperazine rings is 1. The number of hydrogen-bond donors (Lipinski definition) is 2. The predicted molar refractivity (Wildman–Crippen MR) is 84.1 cm³/mol. The number of nitrogens with one attached hydrogen (secondary N) is 2. The van der Waals surface area contributed by atoms with Gasteiger partial charge in [-0.25, -0.2) is 0 Å². The molecule has 0 aromatic carbocycles. The number of rotatable bonds is 3. The van der Waals surface area contributed by atoms with Gasteiger partial charge < -0.3 is 15.5 Å². The highest BCUT2D eigenvalue weighted by atomic mass is 15.2. The molecular formula is C16H32N4. The van der Waals surface area contributed by atoms with Crippen molar-refractivity contribution < 1.29 is 0 Å². The SMILES string of the molecule is C1CCCN(C2CNCCC2CN2CCNCC2)CC1. The molecule has 2 atom stereocenters. The van der Waals surface area contributed by atoms with E-state index in [-0.39, 0.29) is 0 Å². The minimum Gasteiger partial charge on any atom is -0.315 e. The van der Waals surface area contributed by atoms with Gasteiger partial charge in [-0.15, -0.1) is 0 Å². The standard InChI is InChI=1S/C16H32N4/c1-2-4-10-20(9-3-1)16-13-18-6-5-15(16)14-19-11-7-17-8-12-19/h15-18H,1-14H2. The summed E-state index contributed by atoms with van der Waals surface area (Å²) in [5, 5.41) is 7.12. The van der Waals surface area contributed by atoms with Crippen LogP contribution in [0.2, 0.25) is 0 Å². The van der Waals surface area contributed by atoms with Crippen LogP contribution in [0.25, 0.3) is 0 Å². The van der Waals surface area contributed by atoms with Crippen molar-refractivity contribution in [2.75, 3.05) is 58.9 Å². The quantitative estimate of drug-likeness (QED) is 0.798. The van der Waals surface area contributed by atoms with Crippen LogP contribution in [-0.2, 0) is 0 Å². The first kappa shape index (κ1) is 14.8. The molecule has 3 rings (SSSR count). The fourth-order valence-corrected chi connectivity index (χ4v) is 4.19. The molecule has 3 aliphatic heterocycles. The summed E-state index contributed by atoms with van der Waals surface area (Å²) in [5.74, 6) is 0.882. The van der Waals surface area contributed by atoms with Crippen LogP contribution in [0.4, 0.5) is 0 Å². The first-order chi connectivity index (χ1) is 9.93. The number of likely N-dealkylation sites (tertiary alicyclic amines) is 1. The molecule has 3 heterocycles. The highest BCUT2D eigenvalue weighted by Crippen LogP contribution is 2.23. The van der Waals surface area contributed by atoms with E-state index in [1.165, 1.54) is 91.0 Å². The van der Waals surface area contributed by atoms with E-state index in [1.807, 2.05) is 0 Å². The molecule has 0 bridgehead atoms. The summed E-state index contributed by atoms with van der Waals surface area (Å²) in [5.41, 5.74) is 0. The largest absolute Gasteiger partial charge is 0.315 e. The maximum atomic E-state index is 3.65. The molecule has 3 saturated heterocycles. The molecular weight excluding hydrogens is 248 g/mol. The zero-order chi connectivity index (χ0) is 13.6. The van der Waals surface area contributed by atoms with Crippen LogP contribution in [0.5, 0.6) is 0 Å². The van der Waals surface area contributed by atoms with E-state index in [0.29, 0.717) is 0 Å². The zero-order valence-electron chi connectivity index (χ0n) is 12.9. The molecule has 116 valence electrons. The number of hydrogen-bond acceptors (Lipinski definition) is 4. The maximum Gasteiger partial charge on any atom is 0.0261 e. The molecule has 4 nitrogen and oxygen atoms in total. The Morgan fingerprint density at radius 2 is 1.55 bits per heavy atom. The molecule has 0 saturated carbocycles.